The van der Waals surface area contributed by atoms with Gasteiger partial charge in [0.2, 0.25) is 5.88 Å². The lowest BCUT2D eigenvalue weighted by Crippen LogP contribution is -2.52. The largest absolute Gasteiger partial charge is 0.480 e. The molecular weight excluding hydrogens is 516 g/mol. The molecule has 2 aromatic rings. The number of hydrogen-bond acceptors (Lipinski definition) is 8. The molecule has 4 heterocycles. The van der Waals surface area contributed by atoms with Crippen LogP contribution in [-0.4, -0.2) is 57.8 Å². The van der Waals surface area contributed by atoms with Crippen molar-refractivity contribution in [3.05, 3.63) is 77.3 Å². The van der Waals surface area contributed by atoms with E-state index in [-0.39, 0.29) is 6.04 Å². The van der Waals surface area contributed by atoms with Crippen LogP contribution < -0.4 is 10.1 Å². The van der Waals surface area contributed by atoms with Crippen LogP contribution in [-0.2, 0) is 9.47 Å². The van der Waals surface area contributed by atoms with Crippen molar-refractivity contribution in [2.45, 2.75) is 75.2 Å². The van der Waals surface area contributed by atoms with Gasteiger partial charge < -0.3 is 24.6 Å². The fraction of sp³-hybridized carbons (Fsp3) is 0.467. The van der Waals surface area contributed by atoms with Gasteiger partial charge in [-0.15, -0.1) is 0 Å². The standard InChI is InChI=1S/C30H35ClN4O4/c1-37-28-16-32-24-10-9-23(31)29(30(24)34-28)26(36)17-35-21-7-8-22(35)15-20(14-21)33-25(27-18-38-11-12-39-27)13-19-5-3-2-4-6-19/h2-3,5,9-12,16,18,20-22,25-26,33,36H,4,6-8,13-15,17H2,1H3. The van der Waals surface area contributed by atoms with Crippen LogP contribution in [0.25, 0.3) is 11.0 Å². The number of aliphatic hydroxyl groups excluding tert-OH is 1. The van der Waals surface area contributed by atoms with Gasteiger partial charge in [-0.25, -0.2) is 9.97 Å². The van der Waals surface area contributed by atoms with Crippen molar-refractivity contribution in [3.8, 4) is 5.88 Å². The van der Waals surface area contributed by atoms with Gasteiger partial charge in [0.1, 0.15) is 24.3 Å². The van der Waals surface area contributed by atoms with Crippen LogP contribution in [0.3, 0.4) is 0 Å². The van der Waals surface area contributed by atoms with Gasteiger partial charge >= 0.3 is 0 Å². The minimum atomic E-state index is -0.779. The summed E-state index contributed by atoms with van der Waals surface area (Å²) in [7, 11) is 1.56. The predicted molar refractivity (Wildman–Crippen MR) is 150 cm³/mol. The number of nitrogens with one attached hydrogen (secondary N) is 1. The Kier molecular flexibility index (Phi) is 7.88. The molecule has 1 aromatic heterocycles. The third kappa shape index (κ3) is 5.70. The van der Waals surface area contributed by atoms with Crippen molar-refractivity contribution in [2.24, 2.45) is 0 Å². The Labute approximate surface area is 234 Å². The fourth-order valence-corrected chi connectivity index (χ4v) is 6.80. The number of rotatable bonds is 9. The third-order valence-corrected chi connectivity index (χ3v) is 8.69. The summed E-state index contributed by atoms with van der Waals surface area (Å²) >= 11 is 6.60. The van der Waals surface area contributed by atoms with E-state index in [9.17, 15) is 5.11 Å². The summed E-state index contributed by atoms with van der Waals surface area (Å²) in [6.07, 6.45) is 19.6. The molecule has 39 heavy (non-hydrogen) atoms. The first-order valence-corrected chi connectivity index (χ1v) is 14.2. The van der Waals surface area contributed by atoms with E-state index in [1.807, 2.05) is 6.07 Å². The number of piperidine rings is 1. The number of allylic oxidation sites excluding steroid dienone is 3. The molecule has 0 spiro atoms. The van der Waals surface area contributed by atoms with Crippen LogP contribution in [0.5, 0.6) is 5.88 Å². The van der Waals surface area contributed by atoms with Crippen molar-refractivity contribution >= 4 is 22.6 Å². The number of aliphatic hydroxyl groups is 1. The SMILES string of the molecule is COc1cnc2ccc(Cl)c(C(O)CN3C4CCC3CC(NC(CC3=CC=CCC3)C3=COC=CO3)C4)c2n1. The molecule has 3 aliphatic heterocycles. The summed E-state index contributed by atoms with van der Waals surface area (Å²) in [5.74, 6) is 1.22. The quantitative estimate of drug-likeness (QED) is 0.434. The third-order valence-electron chi connectivity index (χ3n) is 8.36. The second-order valence-electron chi connectivity index (χ2n) is 10.8. The average Bonchev–Trinajstić information content (AvgIpc) is 3.19. The molecule has 6 rings (SSSR count). The monoisotopic (exact) mass is 550 g/mol. The Morgan fingerprint density at radius 1 is 1.23 bits per heavy atom. The molecule has 4 atom stereocenters. The van der Waals surface area contributed by atoms with E-state index in [1.165, 1.54) is 5.57 Å². The molecule has 9 heteroatoms. The molecule has 2 saturated heterocycles. The van der Waals surface area contributed by atoms with Crippen molar-refractivity contribution < 1.29 is 19.3 Å². The second-order valence-corrected chi connectivity index (χ2v) is 11.2. The fourth-order valence-electron chi connectivity index (χ4n) is 6.52. The number of fused-ring (bicyclic) bond motifs is 3. The maximum Gasteiger partial charge on any atom is 0.232 e. The van der Waals surface area contributed by atoms with Gasteiger partial charge in [0, 0.05) is 35.3 Å². The lowest BCUT2D eigenvalue weighted by Gasteiger charge is -2.41. The Bertz CT molecular complexity index is 1310. The molecule has 4 aliphatic rings. The van der Waals surface area contributed by atoms with E-state index in [1.54, 1.807) is 38.2 Å². The topological polar surface area (TPSA) is 89.0 Å². The van der Waals surface area contributed by atoms with Gasteiger partial charge in [0.25, 0.3) is 0 Å². The summed E-state index contributed by atoms with van der Waals surface area (Å²) in [5.41, 5.74) is 3.31. The summed E-state index contributed by atoms with van der Waals surface area (Å²) in [5, 5.41) is 15.8. The maximum absolute atomic E-state index is 11.4. The Hall–Kier alpha value is -2.91. The molecule has 0 radical (unpaired) electrons. The number of aromatic nitrogens is 2. The summed E-state index contributed by atoms with van der Waals surface area (Å²) in [6, 6.07) is 4.79. The number of halogens is 1. The van der Waals surface area contributed by atoms with Gasteiger partial charge in [-0.3, -0.25) is 4.90 Å². The second kappa shape index (κ2) is 11.7. The zero-order valence-corrected chi connectivity index (χ0v) is 22.9. The molecule has 1 aliphatic carbocycles. The van der Waals surface area contributed by atoms with Crippen LogP contribution in [0.15, 0.2) is 66.7 Å². The number of hydrogen-bond donors (Lipinski definition) is 2. The molecule has 2 fully saturated rings. The van der Waals surface area contributed by atoms with E-state index in [0.717, 1.165) is 50.7 Å². The normalized spacial score (nSPS) is 26.0. The summed E-state index contributed by atoms with van der Waals surface area (Å²) in [6.45, 7) is 0.509. The van der Waals surface area contributed by atoms with Gasteiger partial charge in [-0.1, -0.05) is 35.4 Å². The van der Waals surface area contributed by atoms with Gasteiger partial charge in [-0.2, -0.15) is 0 Å². The highest BCUT2D eigenvalue weighted by Crippen LogP contribution is 2.39. The number of ether oxygens (including phenoxy) is 3. The molecular formula is C30H35ClN4O4. The Morgan fingerprint density at radius 3 is 2.79 bits per heavy atom. The number of nitrogens with zero attached hydrogens (tertiary/aromatic N) is 3. The van der Waals surface area contributed by atoms with Crippen LogP contribution in [0.2, 0.25) is 5.02 Å². The smallest absolute Gasteiger partial charge is 0.232 e. The van der Waals surface area contributed by atoms with Gasteiger partial charge in [0.15, 0.2) is 5.76 Å². The number of benzene rings is 1. The Balaban J connectivity index is 1.15. The van der Waals surface area contributed by atoms with Crippen LogP contribution in [0.4, 0.5) is 0 Å². The highest BCUT2D eigenvalue weighted by Gasteiger charge is 2.42. The first-order chi connectivity index (χ1) is 19.1. The van der Waals surface area contributed by atoms with E-state index in [2.05, 4.69) is 38.4 Å². The molecule has 1 aromatic carbocycles. The van der Waals surface area contributed by atoms with Crippen molar-refractivity contribution in [1.82, 2.24) is 20.2 Å². The van der Waals surface area contributed by atoms with E-state index in [4.69, 9.17) is 25.8 Å². The number of methoxy groups -OCH3 is 1. The van der Waals surface area contributed by atoms with E-state index in [0.29, 0.717) is 52.2 Å². The predicted octanol–water partition coefficient (Wildman–Crippen LogP) is 5.30. The lowest BCUT2D eigenvalue weighted by molar-refractivity contribution is 0.0501. The van der Waals surface area contributed by atoms with E-state index >= 15 is 0 Å². The van der Waals surface area contributed by atoms with Crippen molar-refractivity contribution in [3.63, 3.8) is 0 Å². The average molecular weight is 551 g/mol. The molecule has 0 saturated carbocycles. The van der Waals surface area contributed by atoms with Crippen molar-refractivity contribution in [2.75, 3.05) is 13.7 Å². The molecule has 206 valence electrons. The maximum atomic E-state index is 11.4. The van der Waals surface area contributed by atoms with Crippen LogP contribution in [0.1, 0.15) is 56.6 Å². The summed E-state index contributed by atoms with van der Waals surface area (Å²) < 4.78 is 16.6. The van der Waals surface area contributed by atoms with Crippen LogP contribution >= 0.6 is 11.6 Å². The zero-order valence-electron chi connectivity index (χ0n) is 22.1. The first-order valence-electron chi connectivity index (χ1n) is 13.8. The van der Waals surface area contributed by atoms with Gasteiger partial charge in [-0.05, 0) is 57.1 Å². The van der Waals surface area contributed by atoms with E-state index < -0.39 is 6.10 Å². The molecule has 8 nitrogen and oxygen atoms in total. The minimum absolute atomic E-state index is 0.0530. The first kappa shape index (κ1) is 26.3. The molecule has 4 unspecified atom stereocenters. The minimum Gasteiger partial charge on any atom is -0.480 e. The molecule has 2 N–H and O–H groups in total. The zero-order chi connectivity index (χ0) is 26.8. The molecule has 0 amide bonds. The lowest BCUT2D eigenvalue weighted by atomic mass is 9.92. The van der Waals surface area contributed by atoms with Crippen molar-refractivity contribution in [1.29, 1.82) is 0 Å². The highest BCUT2D eigenvalue weighted by molar-refractivity contribution is 6.32. The highest BCUT2D eigenvalue weighted by atomic mass is 35.5. The van der Waals surface area contributed by atoms with Gasteiger partial charge in [0.05, 0.1) is 31.0 Å². The summed E-state index contributed by atoms with van der Waals surface area (Å²) in [4.78, 5) is 11.5. The van der Waals surface area contributed by atoms with Crippen LogP contribution in [0, 0.1) is 0 Å². The molecule has 2 bridgehead atoms. The Morgan fingerprint density at radius 2 is 2.08 bits per heavy atom.